The zero-order valence-electron chi connectivity index (χ0n) is 11.6. The van der Waals surface area contributed by atoms with Crippen LogP contribution in [0.15, 0.2) is 46.2 Å². The minimum Gasteiger partial charge on any atom is -0.492 e. The Bertz CT molecular complexity index is 581. The molecule has 0 unspecified atom stereocenters. The summed E-state index contributed by atoms with van der Waals surface area (Å²) in [6, 6.07) is 12.4. The Morgan fingerprint density at radius 1 is 1.11 bits per heavy atom. The summed E-state index contributed by atoms with van der Waals surface area (Å²) in [6.45, 7) is 6.83. The van der Waals surface area contributed by atoms with Crippen LogP contribution in [0.3, 0.4) is 0 Å². The number of nitrogens with two attached hydrogens (primary N) is 1. The molecule has 0 aliphatic carbocycles. The molecule has 0 fully saturated rings. The van der Waals surface area contributed by atoms with E-state index in [1.54, 1.807) is 11.8 Å². The summed E-state index contributed by atoms with van der Waals surface area (Å²) >= 11 is 1.74. The van der Waals surface area contributed by atoms with Gasteiger partial charge in [0.2, 0.25) is 0 Å². The molecular formula is C16H19NOS. The first-order valence-electron chi connectivity index (χ1n) is 6.37. The van der Waals surface area contributed by atoms with E-state index in [1.807, 2.05) is 25.1 Å². The van der Waals surface area contributed by atoms with Gasteiger partial charge in [-0.3, -0.25) is 0 Å². The van der Waals surface area contributed by atoms with E-state index in [0.717, 1.165) is 10.6 Å². The molecule has 0 heterocycles. The molecule has 0 aliphatic rings. The Labute approximate surface area is 119 Å². The van der Waals surface area contributed by atoms with Gasteiger partial charge in [-0.1, -0.05) is 23.9 Å². The molecular weight excluding hydrogens is 254 g/mol. The monoisotopic (exact) mass is 273 g/mol. The van der Waals surface area contributed by atoms with Crippen LogP contribution in [-0.2, 0) is 0 Å². The number of benzene rings is 2. The third kappa shape index (κ3) is 3.44. The van der Waals surface area contributed by atoms with E-state index in [9.17, 15) is 0 Å². The average molecular weight is 273 g/mol. The Morgan fingerprint density at radius 3 is 2.63 bits per heavy atom. The third-order valence-corrected chi connectivity index (χ3v) is 4.01. The summed E-state index contributed by atoms with van der Waals surface area (Å²) in [4.78, 5) is 2.42. The summed E-state index contributed by atoms with van der Waals surface area (Å²) < 4.78 is 5.53. The van der Waals surface area contributed by atoms with Crippen molar-refractivity contribution in [2.24, 2.45) is 0 Å². The number of hydrogen-bond acceptors (Lipinski definition) is 3. The molecule has 3 heteroatoms. The van der Waals surface area contributed by atoms with Crippen molar-refractivity contribution in [3.8, 4) is 5.75 Å². The van der Waals surface area contributed by atoms with Crippen molar-refractivity contribution in [3.63, 3.8) is 0 Å². The largest absolute Gasteiger partial charge is 0.492 e. The van der Waals surface area contributed by atoms with Gasteiger partial charge < -0.3 is 10.5 Å². The van der Waals surface area contributed by atoms with Gasteiger partial charge in [-0.05, 0) is 56.2 Å². The highest BCUT2D eigenvalue weighted by molar-refractivity contribution is 7.99. The summed E-state index contributed by atoms with van der Waals surface area (Å²) in [7, 11) is 0. The fourth-order valence-corrected chi connectivity index (χ4v) is 2.83. The topological polar surface area (TPSA) is 35.2 Å². The second kappa shape index (κ2) is 6.02. The van der Waals surface area contributed by atoms with Crippen LogP contribution < -0.4 is 10.5 Å². The summed E-state index contributed by atoms with van der Waals surface area (Å²) in [5, 5.41) is 0. The van der Waals surface area contributed by atoms with Gasteiger partial charge in [-0.2, -0.15) is 0 Å². The van der Waals surface area contributed by atoms with Crippen LogP contribution in [0.1, 0.15) is 18.1 Å². The van der Waals surface area contributed by atoms with Crippen LogP contribution in [0.5, 0.6) is 5.75 Å². The quantitative estimate of drug-likeness (QED) is 0.837. The zero-order chi connectivity index (χ0) is 13.8. The molecule has 2 N–H and O–H groups in total. The highest BCUT2D eigenvalue weighted by Crippen LogP contribution is 2.34. The molecule has 2 aromatic carbocycles. The molecule has 0 amide bonds. The SMILES string of the molecule is CCOc1cc(Sc2cc(C)ccc2C)ccc1N. The summed E-state index contributed by atoms with van der Waals surface area (Å²) in [5.41, 5.74) is 9.13. The molecule has 0 bridgehead atoms. The van der Waals surface area contributed by atoms with Crippen molar-refractivity contribution in [3.05, 3.63) is 47.5 Å². The lowest BCUT2D eigenvalue weighted by molar-refractivity contribution is 0.341. The van der Waals surface area contributed by atoms with Crippen LogP contribution in [0.2, 0.25) is 0 Å². The van der Waals surface area contributed by atoms with E-state index in [4.69, 9.17) is 10.5 Å². The lowest BCUT2D eigenvalue weighted by Gasteiger charge is -2.10. The number of aryl methyl sites for hydroxylation is 2. The first kappa shape index (κ1) is 13.8. The van der Waals surface area contributed by atoms with E-state index >= 15 is 0 Å². The maximum absolute atomic E-state index is 5.89. The Hall–Kier alpha value is -1.61. The van der Waals surface area contributed by atoms with Gasteiger partial charge in [0.25, 0.3) is 0 Å². The highest BCUT2D eigenvalue weighted by atomic mass is 32.2. The van der Waals surface area contributed by atoms with Crippen molar-refractivity contribution in [2.75, 3.05) is 12.3 Å². The van der Waals surface area contributed by atoms with Crippen LogP contribution in [0, 0.1) is 13.8 Å². The van der Waals surface area contributed by atoms with Gasteiger partial charge >= 0.3 is 0 Å². The fraction of sp³-hybridized carbons (Fsp3) is 0.250. The number of nitrogen functional groups attached to an aromatic ring is 1. The van der Waals surface area contributed by atoms with E-state index in [0.29, 0.717) is 12.3 Å². The van der Waals surface area contributed by atoms with E-state index < -0.39 is 0 Å². The maximum Gasteiger partial charge on any atom is 0.143 e. The Morgan fingerprint density at radius 2 is 1.89 bits per heavy atom. The molecule has 0 saturated carbocycles. The predicted octanol–water partition coefficient (Wildman–Crippen LogP) is 4.44. The van der Waals surface area contributed by atoms with E-state index in [-0.39, 0.29) is 0 Å². The second-order valence-electron chi connectivity index (χ2n) is 4.50. The van der Waals surface area contributed by atoms with Crippen LogP contribution >= 0.6 is 11.8 Å². The molecule has 0 atom stereocenters. The minimum absolute atomic E-state index is 0.627. The average Bonchev–Trinajstić information content (AvgIpc) is 2.38. The lowest BCUT2D eigenvalue weighted by Crippen LogP contribution is -1.96. The summed E-state index contributed by atoms with van der Waals surface area (Å²) in [6.07, 6.45) is 0. The van der Waals surface area contributed by atoms with Crippen molar-refractivity contribution < 1.29 is 4.74 Å². The van der Waals surface area contributed by atoms with Crippen LogP contribution in [0.4, 0.5) is 5.69 Å². The zero-order valence-corrected chi connectivity index (χ0v) is 12.4. The standard InChI is InChI=1S/C16H19NOS/c1-4-18-15-10-13(7-8-14(15)17)19-16-9-11(2)5-6-12(16)3/h5-10H,4,17H2,1-3H3. The molecule has 0 radical (unpaired) electrons. The third-order valence-electron chi connectivity index (χ3n) is 2.86. The lowest BCUT2D eigenvalue weighted by atomic mass is 10.2. The first-order valence-corrected chi connectivity index (χ1v) is 7.19. The maximum atomic E-state index is 5.89. The van der Waals surface area contributed by atoms with Gasteiger partial charge in [0.05, 0.1) is 12.3 Å². The van der Waals surface area contributed by atoms with E-state index in [2.05, 4.69) is 32.0 Å². The first-order chi connectivity index (χ1) is 9.10. The van der Waals surface area contributed by atoms with E-state index in [1.165, 1.54) is 16.0 Å². The van der Waals surface area contributed by atoms with Crippen molar-refractivity contribution in [1.29, 1.82) is 0 Å². The van der Waals surface area contributed by atoms with Gasteiger partial charge in [-0.15, -0.1) is 0 Å². The van der Waals surface area contributed by atoms with Crippen LogP contribution in [-0.4, -0.2) is 6.61 Å². The van der Waals surface area contributed by atoms with Crippen LogP contribution in [0.25, 0.3) is 0 Å². The molecule has 0 saturated heterocycles. The van der Waals surface area contributed by atoms with Gasteiger partial charge in [0, 0.05) is 9.79 Å². The molecule has 0 spiro atoms. The predicted molar refractivity (Wildman–Crippen MR) is 82.1 cm³/mol. The van der Waals surface area contributed by atoms with Crippen molar-refractivity contribution >= 4 is 17.4 Å². The molecule has 100 valence electrons. The molecule has 0 aromatic heterocycles. The normalized spacial score (nSPS) is 10.5. The molecule has 2 aromatic rings. The fourth-order valence-electron chi connectivity index (χ4n) is 1.80. The summed E-state index contributed by atoms with van der Waals surface area (Å²) in [5.74, 6) is 0.762. The number of hydrogen-bond donors (Lipinski definition) is 1. The van der Waals surface area contributed by atoms with Gasteiger partial charge in [0.1, 0.15) is 5.75 Å². The highest BCUT2D eigenvalue weighted by Gasteiger charge is 2.05. The molecule has 2 nitrogen and oxygen atoms in total. The van der Waals surface area contributed by atoms with Gasteiger partial charge in [-0.25, -0.2) is 0 Å². The number of ether oxygens (including phenoxy) is 1. The second-order valence-corrected chi connectivity index (χ2v) is 5.62. The van der Waals surface area contributed by atoms with Crippen molar-refractivity contribution in [1.82, 2.24) is 0 Å². The number of rotatable bonds is 4. The molecule has 0 aliphatic heterocycles. The molecule has 19 heavy (non-hydrogen) atoms. The Balaban J connectivity index is 2.28. The Kier molecular flexibility index (Phi) is 4.38. The minimum atomic E-state index is 0.627. The smallest absolute Gasteiger partial charge is 0.143 e. The van der Waals surface area contributed by atoms with Gasteiger partial charge in [0.15, 0.2) is 0 Å². The number of anilines is 1. The van der Waals surface area contributed by atoms with Crippen molar-refractivity contribution in [2.45, 2.75) is 30.6 Å². The molecule has 2 rings (SSSR count).